The molecule has 1 fully saturated rings. The summed E-state index contributed by atoms with van der Waals surface area (Å²) in [7, 11) is 0. The van der Waals surface area contributed by atoms with Crippen LogP contribution >= 0.6 is 0 Å². The number of amides is 1. The highest BCUT2D eigenvalue weighted by Crippen LogP contribution is 2.24. The zero-order valence-electron chi connectivity index (χ0n) is 18.1. The number of anilines is 1. The minimum absolute atomic E-state index is 0.107. The molecule has 162 valence electrons. The lowest BCUT2D eigenvalue weighted by atomic mass is 9.98. The van der Waals surface area contributed by atoms with Gasteiger partial charge in [0.2, 0.25) is 5.91 Å². The third kappa shape index (κ3) is 5.13. The predicted molar refractivity (Wildman–Crippen MR) is 122 cm³/mol. The van der Waals surface area contributed by atoms with Crippen molar-refractivity contribution in [2.24, 2.45) is 5.92 Å². The Morgan fingerprint density at radius 2 is 1.87 bits per heavy atom. The number of carbonyl (C=O) groups excluding carboxylic acids is 1. The maximum absolute atomic E-state index is 12.4. The largest absolute Gasteiger partial charge is 0.420 e. The predicted octanol–water partition coefficient (Wildman–Crippen LogP) is 4.23. The van der Waals surface area contributed by atoms with E-state index in [9.17, 15) is 9.59 Å². The minimum Gasteiger partial charge on any atom is -0.420 e. The third-order valence-electron chi connectivity index (χ3n) is 6.07. The minimum atomic E-state index is -0.484. The first kappa shape index (κ1) is 21.1. The monoisotopic (exact) mass is 419 g/mol. The summed E-state index contributed by atoms with van der Waals surface area (Å²) >= 11 is 0. The summed E-state index contributed by atoms with van der Waals surface area (Å²) in [6.45, 7) is 6.48. The zero-order valence-corrected chi connectivity index (χ0v) is 18.1. The van der Waals surface area contributed by atoms with E-state index in [1.807, 2.05) is 13.0 Å². The van der Waals surface area contributed by atoms with E-state index in [4.69, 9.17) is 4.42 Å². The molecule has 0 unspecified atom stereocenters. The first-order chi connectivity index (χ1) is 15.0. The lowest BCUT2D eigenvalue weighted by Gasteiger charge is -2.32. The van der Waals surface area contributed by atoms with Gasteiger partial charge in [0.05, 0.1) is 6.04 Å². The Kier molecular flexibility index (Phi) is 6.35. The van der Waals surface area contributed by atoms with E-state index in [1.165, 1.54) is 18.5 Å². The van der Waals surface area contributed by atoms with Crippen molar-refractivity contribution >= 4 is 22.7 Å². The second-order valence-corrected chi connectivity index (χ2v) is 8.47. The lowest BCUT2D eigenvalue weighted by Crippen LogP contribution is -2.32. The van der Waals surface area contributed by atoms with Gasteiger partial charge in [0, 0.05) is 31.6 Å². The molecule has 31 heavy (non-hydrogen) atoms. The molecule has 0 bridgehead atoms. The van der Waals surface area contributed by atoms with Crippen molar-refractivity contribution in [3.05, 3.63) is 70.2 Å². The number of rotatable bonds is 6. The molecule has 0 aliphatic carbocycles. The quantitative estimate of drug-likeness (QED) is 0.647. The zero-order chi connectivity index (χ0) is 21.8. The SMILES string of the molecule is CC1CCN(c2ccc([C@@H](C)NC(=O)CCc3nc4ccccc4oc3=O)cc2)CC1. The second-order valence-electron chi connectivity index (χ2n) is 8.47. The van der Waals surface area contributed by atoms with Gasteiger partial charge < -0.3 is 14.6 Å². The van der Waals surface area contributed by atoms with Gasteiger partial charge in [-0.05, 0) is 55.5 Å². The van der Waals surface area contributed by atoms with Crippen LogP contribution in [0.5, 0.6) is 0 Å². The molecule has 4 rings (SSSR count). The number of hydrogen-bond donors (Lipinski definition) is 1. The van der Waals surface area contributed by atoms with Crippen molar-refractivity contribution in [3.8, 4) is 0 Å². The number of nitrogens with one attached hydrogen (secondary N) is 1. The number of carbonyl (C=O) groups is 1. The van der Waals surface area contributed by atoms with Gasteiger partial charge in [0.25, 0.3) is 0 Å². The molecule has 6 heteroatoms. The third-order valence-corrected chi connectivity index (χ3v) is 6.07. The summed E-state index contributed by atoms with van der Waals surface area (Å²) in [5.41, 5.74) is 3.17. The molecule has 1 aliphatic rings. The molecule has 0 saturated carbocycles. The molecule has 1 N–H and O–H groups in total. The Morgan fingerprint density at radius 1 is 1.16 bits per heavy atom. The summed E-state index contributed by atoms with van der Waals surface area (Å²) in [6, 6.07) is 15.5. The van der Waals surface area contributed by atoms with Crippen LogP contribution in [0.4, 0.5) is 5.69 Å². The Balaban J connectivity index is 1.32. The van der Waals surface area contributed by atoms with Crippen molar-refractivity contribution < 1.29 is 9.21 Å². The van der Waals surface area contributed by atoms with Gasteiger partial charge in [-0.25, -0.2) is 9.78 Å². The Bertz CT molecular complexity index is 1100. The van der Waals surface area contributed by atoms with E-state index >= 15 is 0 Å². The van der Waals surface area contributed by atoms with E-state index in [1.54, 1.807) is 18.2 Å². The lowest BCUT2D eigenvalue weighted by molar-refractivity contribution is -0.121. The maximum atomic E-state index is 12.4. The van der Waals surface area contributed by atoms with Gasteiger partial charge in [-0.2, -0.15) is 0 Å². The van der Waals surface area contributed by atoms with Gasteiger partial charge >= 0.3 is 5.63 Å². The first-order valence-corrected chi connectivity index (χ1v) is 11.0. The number of hydrogen-bond acceptors (Lipinski definition) is 5. The van der Waals surface area contributed by atoms with E-state index in [2.05, 4.69) is 46.4 Å². The fourth-order valence-corrected chi connectivity index (χ4v) is 4.01. The fourth-order valence-electron chi connectivity index (χ4n) is 4.01. The molecule has 2 heterocycles. The molecule has 3 aromatic rings. The fraction of sp³-hybridized carbons (Fsp3) is 0.400. The van der Waals surface area contributed by atoms with Crippen LogP contribution in [-0.2, 0) is 11.2 Å². The first-order valence-electron chi connectivity index (χ1n) is 11.0. The molecule has 1 aromatic heterocycles. The van der Waals surface area contributed by atoms with Crippen LogP contribution in [0.3, 0.4) is 0 Å². The van der Waals surface area contributed by atoms with Crippen molar-refractivity contribution in [3.63, 3.8) is 0 Å². The van der Waals surface area contributed by atoms with Crippen LogP contribution in [-0.4, -0.2) is 24.0 Å². The normalized spacial score (nSPS) is 15.7. The van der Waals surface area contributed by atoms with Crippen molar-refractivity contribution in [1.29, 1.82) is 0 Å². The van der Waals surface area contributed by atoms with E-state index in [0.717, 1.165) is 24.6 Å². The number of benzene rings is 2. The Morgan fingerprint density at radius 3 is 2.61 bits per heavy atom. The summed E-state index contributed by atoms with van der Waals surface area (Å²) in [4.78, 5) is 31.3. The molecule has 1 amide bonds. The standard InChI is InChI=1S/C25H29N3O3/c1-17-13-15-28(16-14-17)20-9-7-19(8-10-20)18(2)26-24(29)12-11-22-25(30)31-23-6-4-3-5-21(23)27-22/h3-10,17-18H,11-16H2,1-2H3,(H,26,29)/t18-/m1/s1. The number of piperidine rings is 1. The number of aryl methyl sites for hydroxylation is 1. The van der Waals surface area contributed by atoms with E-state index < -0.39 is 5.63 Å². The van der Waals surface area contributed by atoms with Crippen LogP contribution < -0.4 is 15.8 Å². The van der Waals surface area contributed by atoms with Crippen LogP contribution in [0, 0.1) is 5.92 Å². The molecule has 0 radical (unpaired) electrons. The van der Waals surface area contributed by atoms with Crippen molar-refractivity contribution in [2.45, 2.75) is 45.6 Å². The topological polar surface area (TPSA) is 75.4 Å². The van der Waals surface area contributed by atoms with Crippen LogP contribution in [0.1, 0.15) is 50.4 Å². The summed E-state index contributed by atoms with van der Waals surface area (Å²) in [6.07, 6.45) is 2.90. The number of para-hydroxylation sites is 2. The summed E-state index contributed by atoms with van der Waals surface area (Å²) < 4.78 is 5.29. The smallest absolute Gasteiger partial charge is 0.358 e. The summed E-state index contributed by atoms with van der Waals surface area (Å²) in [5, 5.41) is 3.01. The van der Waals surface area contributed by atoms with Gasteiger partial charge in [-0.1, -0.05) is 31.2 Å². The van der Waals surface area contributed by atoms with Gasteiger partial charge in [0.15, 0.2) is 5.58 Å². The number of nitrogens with zero attached hydrogens (tertiary/aromatic N) is 2. The Labute approximate surface area is 182 Å². The average Bonchev–Trinajstić information content (AvgIpc) is 2.78. The van der Waals surface area contributed by atoms with Gasteiger partial charge in [-0.3, -0.25) is 4.79 Å². The van der Waals surface area contributed by atoms with Gasteiger partial charge in [-0.15, -0.1) is 0 Å². The van der Waals surface area contributed by atoms with Crippen molar-refractivity contribution in [2.75, 3.05) is 18.0 Å². The van der Waals surface area contributed by atoms with Crippen LogP contribution in [0.25, 0.3) is 11.1 Å². The molecular formula is C25H29N3O3. The van der Waals surface area contributed by atoms with E-state index in [-0.39, 0.29) is 30.5 Å². The van der Waals surface area contributed by atoms with Crippen LogP contribution in [0.2, 0.25) is 0 Å². The number of fused-ring (bicyclic) bond motifs is 1. The maximum Gasteiger partial charge on any atom is 0.358 e. The second kappa shape index (κ2) is 9.33. The van der Waals surface area contributed by atoms with Gasteiger partial charge in [0.1, 0.15) is 11.2 Å². The summed E-state index contributed by atoms with van der Waals surface area (Å²) in [5.74, 6) is 0.692. The highest BCUT2D eigenvalue weighted by Gasteiger charge is 2.17. The molecule has 2 aromatic carbocycles. The Hall–Kier alpha value is -3.15. The molecular weight excluding hydrogens is 390 g/mol. The number of aromatic nitrogens is 1. The molecule has 0 spiro atoms. The molecule has 1 atom stereocenters. The molecule has 1 saturated heterocycles. The van der Waals surface area contributed by atoms with Crippen molar-refractivity contribution in [1.82, 2.24) is 10.3 Å². The average molecular weight is 420 g/mol. The molecule has 1 aliphatic heterocycles. The molecule has 6 nitrogen and oxygen atoms in total. The van der Waals surface area contributed by atoms with Crippen LogP contribution in [0.15, 0.2) is 57.7 Å². The van der Waals surface area contributed by atoms with E-state index in [0.29, 0.717) is 11.1 Å². The highest BCUT2D eigenvalue weighted by atomic mass is 16.4. The highest BCUT2D eigenvalue weighted by molar-refractivity contribution is 5.77.